The molecule has 0 bridgehead atoms. The van der Waals surface area contributed by atoms with Gasteiger partial charge in [-0.15, -0.1) is 0 Å². The van der Waals surface area contributed by atoms with E-state index in [2.05, 4.69) is 15.2 Å². The van der Waals surface area contributed by atoms with Gasteiger partial charge in [-0.3, -0.25) is 19.5 Å². The summed E-state index contributed by atoms with van der Waals surface area (Å²) in [4.78, 5) is 33.3. The van der Waals surface area contributed by atoms with Crippen LogP contribution in [0.4, 0.5) is 4.39 Å². The Morgan fingerprint density at radius 1 is 1.08 bits per heavy atom. The predicted molar refractivity (Wildman–Crippen MR) is 132 cm³/mol. The maximum Gasteiger partial charge on any atom is 0.258 e. The van der Waals surface area contributed by atoms with Crippen molar-refractivity contribution < 1.29 is 14.3 Å². The summed E-state index contributed by atoms with van der Waals surface area (Å²) >= 11 is 0. The van der Waals surface area contributed by atoms with E-state index in [0.717, 1.165) is 30.5 Å². The maximum absolute atomic E-state index is 14.5. The van der Waals surface area contributed by atoms with E-state index in [-0.39, 0.29) is 47.6 Å². The van der Waals surface area contributed by atoms with Crippen LogP contribution < -0.4 is 10.9 Å². The molecule has 0 spiro atoms. The molecule has 1 aromatic carbocycles. The number of halogens is 1. The first kappa shape index (κ1) is 23.1. The molecule has 2 fully saturated rings. The first-order valence-corrected chi connectivity index (χ1v) is 12.6. The zero-order valence-electron chi connectivity index (χ0n) is 19.9. The molecule has 0 radical (unpaired) electrons. The van der Waals surface area contributed by atoms with E-state index in [1.54, 1.807) is 41.2 Å². The summed E-state index contributed by atoms with van der Waals surface area (Å²) < 4.78 is 16.2. The largest absolute Gasteiger partial charge is 0.396 e. The molecule has 2 aliphatic heterocycles. The lowest BCUT2D eigenvalue weighted by Crippen LogP contribution is -2.52. The Morgan fingerprint density at radius 3 is 2.56 bits per heavy atom. The molecular weight excluding hydrogens is 459 g/mol. The molecule has 2 N–H and O–H groups in total. The highest BCUT2D eigenvalue weighted by molar-refractivity contribution is 5.83. The van der Waals surface area contributed by atoms with Gasteiger partial charge in [0, 0.05) is 61.2 Å². The van der Waals surface area contributed by atoms with E-state index in [4.69, 9.17) is 0 Å². The molecule has 186 valence electrons. The molecule has 6 rings (SSSR count). The summed E-state index contributed by atoms with van der Waals surface area (Å²) in [5.74, 6) is -0.932. The number of pyridine rings is 2. The van der Waals surface area contributed by atoms with Crippen molar-refractivity contribution >= 4 is 5.91 Å². The van der Waals surface area contributed by atoms with Crippen LogP contribution in [0, 0.1) is 17.7 Å². The molecule has 7 nitrogen and oxygen atoms in total. The molecule has 1 saturated carbocycles. The molecule has 4 atom stereocenters. The third-order valence-electron chi connectivity index (χ3n) is 8.19. The van der Waals surface area contributed by atoms with Crippen molar-refractivity contribution in [3.05, 3.63) is 88.4 Å². The molecule has 3 aliphatic rings. The Morgan fingerprint density at radius 2 is 1.86 bits per heavy atom. The van der Waals surface area contributed by atoms with Crippen LogP contribution >= 0.6 is 0 Å². The van der Waals surface area contributed by atoms with Crippen LogP contribution in [-0.4, -0.2) is 44.2 Å². The summed E-state index contributed by atoms with van der Waals surface area (Å²) in [7, 11) is 0. The minimum atomic E-state index is -0.506. The number of nitrogens with one attached hydrogen (secondary N) is 1. The van der Waals surface area contributed by atoms with Crippen LogP contribution in [0.3, 0.4) is 0 Å². The predicted octanol–water partition coefficient (Wildman–Crippen LogP) is 2.88. The Bertz CT molecular complexity index is 1340. The fourth-order valence-electron chi connectivity index (χ4n) is 6.21. The van der Waals surface area contributed by atoms with Gasteiger partial charge in [-0.25, -0.2) is 4.39 Å². The number of amides is 1. The number of fused-ring (bicyclic) bond motifs is 3. The molecule has 36 heavy (non-hydrogen) atoms. The van der Waals surface area contributed by atoms with Gasteiger partial charge in [0.1, 0.15) is 5.82 Å². The molecule has 1 saturated heterocycles. The average molecular weight is 489 g/mol. The lowest BCUT2D eigenvalue weighted by molar-refractivity contribution is -0.129. The van der Waals surface area contributed by atoms with Crippen molar-refractivity contribution in [3.8, 4) is 11.1 Å². The molecule has 1 amide bonds. The summed E-state index contributed by atoms with van der Waals surface area (Å²) in [6, 6.07) is 13.2. The minimum absolute atomic E-state index is 0.0564. The van der Waals surface area contributed by atoms with E-state index < -0.39 is 11.9 Å². The molecule has 8 heteroatoms. The van der Waals surface area contributed by atoms with Crippen LogP contribution in [0.25, 0.3) is 11.1 Å². The van der Waals surface area contributed by atoms with Crippen LogP contribution in [0.15, 0.2) is 65.7 Å². The van der Waals surface area contributed by atoms with Gasteiger partial charge in [-0.2, -0.15) is 0 Å². The minimum Gasteiger partial charge on any atom is -0.396 e. The number of aliphatic hydroxyl groups is 1. The number of hydrogen-bond donors (Lipinski definition) is 2. The Labute approximate surface area is 208 Å². The van der Waals surface area contributed by atoms with Crippen molar-refractivity contribution in [2.75, 3.05) is 6.61 Å². The SMILES string of the molecule is O=C(NC1CCC1)[C@H]1[C@H](CO)[C@H]2Cn3c(ccc(-c4ccccc4F)c3=O)[C@H]2N1Cc1ccncc1. The highest BCUT2D eigenvalue weighted by Gasteiger charge is 2.55. The number of carbonyl (C=O) groups is 1. The van der Waals surface area contributed by atoms with E-state index in [1.165, 1.54) is 6.07 Å². The molecule has 2 aromatic heterocycles. The average Bonchev–Trinajstić information content (AvgIpc) is 3.38. The number of aromatic nitrogens is 2. The van der Waals surface area contributed by atoms with E-state index in [9.17, 15) is 19.1 Å². The second-order valence-corrected chi connectivity index (χ2v) is 10.1. The van der Waals surface area contributed by atoms with Gasteiger partial charge < -0.3 is 15.0 Å². The molecule has 3 aromatic rings. The van der Waals surface area contributed by atoms with Crippen LogP contribution in [0.1, 0.15) is 36.6 Å². The molecule has 0 unspecified atom stereocenters. The zero-order valence-corrected chi connectivity index (χ0v) is 19.9. The van der Waals surface area contributed by atoms with Gasteiger partial charge in [-0.05, 0) is 55.2 Å². The Balaban J connectivity index is 1.41. The van der Waals surface area contributed by atoms with Crippen molar-refractivity contribution in [2.45, 2.75) is 50.5 Å². The van der Waals surface area contributed by atoms with Gasteiger partial charge in [0.05, 0.1) is 17.6 Å². The highest BCUT2D eigenvalue weighted by Crippen LogP contribution is 2.50. The molecule has 4 heterocycles. The summed E-state index contributed by atoms with van der Waals surface area (Å²) in [5.41, 5.74) is 2.16. The third kappa shape index (κ3) is 3.76. The van der Waals surface area contributed by atoms with Gasteiger partial charge in [0.2, 0.25) is 5.91 Å². The number of carbonyl (C=O) groups excluding carboxylic acids is 1. The Kier molecular flexibility index (Phi) is 5.93. The smallest absolute Gasteiger partial charge is 0.258 e. The third-order valence-corrected chi connectivity index (χ3v) is 8.19. The van der Waals surface area contributed by atoms with Gasteiger partial charge in [0.25, 0.3) is 5.56 Å². The van der Waals surface area contributed by atoms with Crippen LogP contribution in [0.5, 0.6) is 0 Å². The maximum atomic E-state index is 14.5. The van der Waals surface area contributed by atoms with Crippen molar-refractivity contribution in [3.63, 3.8) is 0 Å². The summed E-state index contributed by atoms with van der Waals surface area (Å²) in [5, 5.41) is 13.7. The van der Waals surface area contributed by atoms with Crippen molar-refractivity contribution in [1.82, 2.24) is 19.8 Å². The first-order valence-electron chi connectivity index (χ1n) is 12.6. The van der Waals surface area contributed by atoms with Gasteiger partial charge in [-0.1, -0.05) is 18.2 Å². The fourth-order valence-corrected chi connectivity index (χ4v) is 6.21. The number of benzene rings is 1. The van der Waals surface area contributed by atoms with E-state index in [1.807, 2.05) is 18.2 Å². The quantitative estimate of drug-likeness (QED) is 0.557. The number of hydrogen-bond acceptors (Lipinski definition) is 5. The van der Waals surface area contributed by atoms with Gasteiger partial charge in [0.15, 0.2) is 0 Å². The fraction of sp³-hybridized carbons (Fsp3) is 0.393. The first-order chi connectivity index (χ1) is 17.6. The van der Waals surface area contributed by atoms with E-state index >= 15 is 0 Å². The topological polar surface area (TPSA) is 87.5 Å². The highest BCUT2D eigenvalue weighted by atomic mass is 19.1. The number of nitrogens with zero attached hydrogens (tertiary/aromatic N) is 3. The van der Waals surface area contributed by atoms with E-state index in [0.29, 0.717) is 18.7 Å². The normalized spacial score (nSPS) is 25.3. The Hall–Kier alpha value is -3.36. The molecule has 1 aliphatic carbocycles. The second-order valence-electron chi connectivity index (χ2n) is 10.1. The molecular formula is C28H29FN4O3. The zero-order chi connectivity index (χ0) is 24.8. The second kappa shape index (κ2) is 9.26. The van der Waals surface area contributed by atoms with Gasteiger partial charge >= 0.3 is 0 Å². The number of rotatable bonds is 6. The van der Waals surface area contributed by atoms with Crippen LogP contribution in [-0.2, 0) is 17.9 Å². The summed E-state index contributed by atoms with van der Waals surface area (Å²) in [6.45, 7) is 0.721. The lowest BCUT2D eigenvalue weighted by Gasteiger charge is -2.34. The monoisotopic (exact) mass is 488 g/mol. The van der Waals surface area contributed by atoms with Crippen LogP contribution in [0.2, 0.25) is 0 Å². The number of likely N-dealkylation sites (tertiary alicyclic amines) is 1. The standard InChI is InChI=1S/C28H29FN4O3/c29-23-7-2-1-6-19(23)20-8-9-24-25-21(15-32(24)28(20)36)22(16-34)26(27(35)31-18-4-3-5-18)33(25)14-17-10-12-30-13-11-17/h1-2,6-13,18,21-22,25-26,34H,3-5,14-16H2,(H,31,35)/t21-,22-,25+,26-/m1/s1. The summed E-state index contributed by atoms with van der Waals surface area (Å²) in [6.07, 6.45) is 6.53. The van der Waals surface area contributed by atoms with Crippen molar-refractivity contribution in [2.24, 2.45) is 11.8 Å². The number of aliphatic hydroxyl groups excluding tert-OH is 1. The van der Waals surface area contributed by atoms with Crippen molar-refractivity contribution in [1.29, 1.82) is 0 Å². The lowest BCUT2D eigenvalue weighted by atomic mass is 9.87.